The van der Waals surface area contributed by atoms with Crippen molar-refractivity contribution in [3.63, 3.8) is 0 Å². The van der Waals surface area contributed by atoms with Gasteiger partial charge in [0.25, 0.3) is 5.91 Å². The van der Waals surface area contributed by atoms with Crippen LogP contribution in [0.4, 0.5) is 0 Å². The van der Waals surface area contributed by atoms with Gasteiger partial charge < -0.3 is 18.6 Å². The topological polar surface area (TPSA) is 68.7 Å². The first-order valence-corrected chi connectivity index (χ1v) is 9.22. The van der Waals surface area contributed by atoms with Gasteiger partial charge in [0, 0.05) is 12.6 Å². The van der Waals surface area contributed by atoms with Crippen molar-refractivity contribution in [2.75, 3.05) is 13.7 Å². The van der Waals surface area contributed by atoms with Crippen LogP contribution in [0, 0.1) is 0 Å². The molecule has 27 heavy (non-hydrogen) atoms. The predicted octanol–water partition coefficient (Wildman–Crippen LogP) is 4.70. The molecule has 0 saturated carbocycles. The maximum atomic E-state index is 13.2. The number of hydrogen-bond donors (Lipinski definition) is 0. The molecule has 1 saturated heterocycles. The lowest BCUT2D eigenvalue weighted by Gasteiger charge is -2.30. The van der Waals surface area contributed by atoms with Gasteiger partial charge in [-0.2, -0.15) is 0 Å². The summed E-state index contributed by atoms with van der Waals surface area (Å²) < 4.78 is 15.9. The lowest BCUT2D eigenvalue weighted by molar-refractivity contribution is 0.0670. The Morgan fingerprint density at radius 3 is 2.74 bits per heavy atom. The summed E-state index contributed by atoms with van der Waals surface area (Å²) in [5, 5.41) is 3.99. The molecule has 6 heteroatoms. The number of furan rings is 1. The van der Waals surface area contributed by atoms with Crippen molar-refractivity contribution in [3.05, 3.63) is 60.0 Å². The summed E-state index contributed by atoms with van der Waals surface area (Å²) in [6.07, 6.45) is 5.69. The number of benzene rings is 1. The Labute approximate surface area is 157 Å². The average molecular weight is 366 g/mol. The van der Waals surface area contributed by atoms with Gasteiger partial charge in [0.05, 0.1) is 19.4 Å². The number of nitrogens with zero attached hydrogens (tertiary/aromatic N) is 2. The number of ether oxygens (including phenoxy) is 1. The molecule has 140 valence electrons. The second kappa shape index (κ2) is 7.70. The van der Waals surface area contributed by atoms with Crippen LogP contribution in [0.5, 0.6) is 5.75 Å². The number of carbonyl (C=O) groups excluding carboxylic acids is 1. The van der Waals surface area contributed by atoms with Gasteiger partial charge in [0.2, 0.25) is 5.76 Å². The number of hydrogen-bond acceptors (Lipinski definition) is 5. The van der Waals surface area contributed by atoms with Crippen LogP contribution in [-0.2, 0) is 0 Å². The molecule has 0 radical (unpaired) electrons. The Morgan fingerprint density at radius 1 is 1.15 bits per heavy atom. The molecule has 1 aliphatic heterocycles. The van der Waals surface area contributed by atoms with E-state index in [1.165, 1.54) is 0 Å². The van der Waals surface area contributed by atoms with Crippen molar-refractivity contribution in [1.29, 1.82) is 0 Å². The summed E-state index contributed by atoms with van der Waals surface area (Å²) in [4.78, 5) is 15.1. The number of amides is 1. The molecule has 0 N–H and O–H groups in total. The quantitative estimate of drug-likeness (QED) is 0.669. The monoisotopic (exact) mass is 366 g/mol. The van der Waals surface area contributed by atoms with Crippen molar-refractivity contribution in [1.82, 2.24) is 10.1 Å². The van der Waals surface area contributed by atoms with Crippen molar-refractivity contribution < 1.29 is 18.5 Å². The van der Waals surface area contributed by atoms with Crippen LogP contribution < -0.4 is 4.74 Å². The van der Waals surface area contributed by atoms with Crippen molar-refractivity contribution in [2.45, 2.75) is 31.7 Å². The number of rotatable bonds is 4. The van der Waals surface area contributed by atoms with Crippen LogP contribution in [0.1, 0.15) is 47.8 Å². The van der Waals surface area contributed by atoms with Gasteiger partial charge in [-0.05, 0) is 42.7 Å². The maximum Gasteiger partial charge on any atom is 0.276 e. The SMILES string of the molecule is COc1ccc([C@@H]2CCCCCN2C(=O)c2cc(-c3ccco3)on2)cc1. The maximum absolute atomic E-state index is 13.2. The van der Waals surface area contributed by atoms with Gasteiger partial charge in [-0.1, -0.05) is 30.1 Å². The van der Waals surface area contributed by atoms with Crippen LogP contribution in [0.2, 0.25) is 0 Å². The largest absolute Gasteiger partial charge is 0.497 e. The first kappa shape index (κ1) is 17.4. The fourth-order valence-corrected chi connectivity index (χ4v) is 3.58. The number of likely N-dealkylation sites (tertiary alicyclic amines) is 1. The number of carbonyl (C=O) groups is 1. The van der Waals surface area contributed by atoms with E-state index in [1.54, 1.807) is 31.6 Å². The second-order valence-electron chi connectivity index (χ2n) is 6.69. The highest BCUT2D eigenvalue weighted by Gasteiger charge is 2.29. The van der Waals surface area contributed by atoms with Crippen molar-refractivity contribution in [3.8, 4) is 17.3 Å². The molecule has 1 amide bonds. The second-order valence-corrected chi connectivity index (χ2v) is 6.69. The first-order chi connectivity index (χ1) is 13.3. The van der Waals surface area contributed by atoms with Gasteiger partial charge in [-0.3, -0.25) is 4.79 Å². The zero-order valence-electron chi connectivity index (χ0n) is 15.3. The van der Waals surface area contributed by atoms with E-state index in [4.69, 9.17) is 13.7 Å². The minimum atomic E-state index is -0.112. The molecular formula is C21H22N2O4. The van der Waals surface area contributed by atoms with Crippen LogP contribution in [-0.4, -0.2) is 29.6 Å². The molecular weight excluding hydrogens is 344 g/mol. The zero-order chi connectivity index (χ0) is 18.6. The Balaban J connectivity index is 1.60. The Kier molecular flexibility index (Phi) is 4.96. The third kappa shape index (κ3) is 3.60. The van der Waals surface area contributed by atoms with Gasteiger partial charge in [-0.15, -0.1) is 0 Å². The lowest BCUT2D eigenvalue weighted by Crippen LogP contribution is -2.35. The molecule has 1 atom stereocenters. The van der Waals surface area contributed by atoms with Crippen LogP contribution in [0.25, 0.3) is 11.5 Å². The molecule has 1 fully saturated rings. The zero-order valence-corrected chi connectivity index (χ0v) is 15.3. The van der Waals surface area contributed by atoms with Crippen molar-refractivity contribution >= 4 is 5.91 Å². The summed E-state index contributed by atoms with van der Waals surface area (Å²) in [7, 11) is 1.65. The third-order valence-electron chi connectivity index (χ3n) is 5.01. The van der Waals surface area contributed by atoms with E-state index in [1.807, 2.05) is 29.2 Å². The number of aromatic nitrogens is 1. The van der Waals surface area contributed by atoms with E-state index in [-0.39, 0.29) is 11.9 Å². The Morgan fingerprint density at radius 2 is 2.00 bits per heavy atom. The minimum absolute atomic E-state index is 0.0228. The standard InChI is InChI=1S/C21H22N2O4/c1-25-16-10-8-15(9-11-16)18-6-3-2-4-12-23(18)21(24)17-14-20(27-22-17)19-7-5-13-26-19/h5,7-11,13-14,18H,2-4,6,12H2,1H3/t18-/m0/s1. The average Bonchev–Trinajstić information content (AvgIpc) is 3.35. The highest BCUT2D eigenvalue weighted by Crippen LogP contribution is 2.32. The molecule has 1 aromatic carbocycles. The molecule has 6 nitrogen and oxygen atoms in total. The Hall–Kier alpha value is -3.02. The van der Waals surface area contributed by atoms with E-state index < -0.39 is 0 Å². The molecule has 4 rings (SSSR count). The van der Waals surface area contributed by atoms with Crippen LogP contribution >= 0.6 is 0 Å². The highest BCUT2D eigenvalue weighted by molar-refractivity contribution is 5.93. The van der Waals surface area contributed by atoms with Crippen molar-refractivity contribution in [2.24, 2.45) is 0 Å². The first-order valence-electron chi connectivity index (χ1n) is 9.22. The molecule has 3 aromatic rings. The normalized spacial score (nSPS) is 17.5. The van der Waals surface area contributed by atoms with Crippen LogP contribution in [0.3, 0.4) is 0 Å². The van der Waals surface area contributed by atoms with Gasteiger partial charge >= 0.3 is 0 Å². The molecule has 2 aromatic heterocycles. The van der Waals surface area contributed by atoms with E-state index in [0.29, 0.717) is 23.8 Å². The molecule has 0 unspecified atom stereocenters. The molecule has 3 heterocycles. The lowest BCUT2D eigenvalue weighted by atomic mass is 10.0. The summed E-state index contributed by atoms with van der Waals surface area (Å²) in [6.45, 7) is 0.707. The van der Waals surface area contributed by atoms with E-state index in [9.17, 15) is 4.79 Å². The fourth-order valence-electron chi connectivity index (χ4n) is 3.58. The molecule has 0 bridgehead atoms. The fraction of sp³-hybridized carbons (Fsp3) is 0.333. The highest BCUT2D eigenvalue weighted by atomic mass is 16.5. The van der Waals surface area contributed by atoms with Crippen LogP contribution in [0.15, 0.2) is 57.7 Å². The van der Waals surface area contributed by atoms with Gasteiger partial charge in [0.15, 0.2) is 11.5 Å². The predicted molar refractivity (Wildman–Crippen MR) is 99.4 cm³/mol. The summed E-state index contributed by atoms with van der Waals surface area (Å²) in [6, 6.07) is 13.2. The van der Waals surface area contributed by atoms with Gasteiger partial charge in [0.1, 0.15) is 5.75 Å². The Bertz CT molecular complexity index is 883. The third-order valence-corrected chi connectivity index (χ3v) is 5.01. The number of methoxy groups -OCH3 is 1. The summed E-state index contributed by atoms with van der Waals surface area (Å²) >= 11 is 0. The smallest absolute Gasteiger partial charge is 0.276 e. The molecule has 0 spiro atoms. The summed E-state index contributed by atoms with van der Waals surface area (Å²) in [5.74, 6) is 1.72. The van der Waals surface area contributed by atoms with E-state index in [2.05, 4.69) is 5.16 Å². The van der Waals surface area contributed by atoms with E-state index >= 15 is 0 Å². The van der Waals surface area contributed by atoms with E-state index in [0.717, 1.165) is 37.0 Å². The molecule has 0 aliphatic carbocycles. The summed E-state index contributed by atoms with van der Waals surface area (Å²) in [5.41, 5.74) is 1.42. The van der Waals surface area contributed by atoms with Gasteiger partial charge in [-0.25, -0.2) is 0 Å². The molecule has 1 aliphatic rings. The minimum Gasteiger partial charge on any atom is -0.497 e.